The number of hydrogen-bond acceptors (Lipinski definition) is 7. The van der Waals surface area contributed by atoms with E-state index in [4.69, 9.17) is 14.5 Å². The number of aromatic nitrogens is 3. The fourth-order valence-electron chi connectivity index (χ4n) is 8.87. The van der Waals surface area contributed by atoms with Gasteiger partial charge in [0.15, 0.2) is 0 Å². The van der Waals surface area contributed by atoms with E-state index in [9.17, 15) is 14.7 Å². The molecule has 10 heteroatoms. The molecule has 49 heavy (non-hydrogen) atoms. The quantitative estimate of drug-likeness (QED) is 0.266. The van der Waals surface area contributed by atoms with Crippen LogP contribution in [0.4, 0.5) is 4.79 Å². The third-order valence-electron chi connectivity index (χ3n) is 12.2. The van der Waals surface area contributed by atoms with Gasteiger partial charge in [-0.05, 0) is 123 Å². The fraction of sp³-hybridized carbons (Fsp3) is 0.590. The Morgan fingerprint density at radius 2 is 1.71 bits per heavy atom. The number of fused-ring (bicyclic) bond motifs is 3. The highest BCUT2D eigenvalue weighted by Gasteiger charge is 2.54. The summed E-state index contributed by atoms with van der Waals surface area (Å²) in [5.74, 6) is 1.23. The highest BCUT2D eigenvalue weighted by atomic mass is 16.6. The van der Waals surface area contributed by atoms with Crippen LogP contribution in [0.3, 0.4) is 0 Å². The Kier molecular flexibility index (Phi) is 9.19. The highest BCUT2D eigenvalue weighted by molar-refractivity contribution is 5.79. The number of hydrogen-bond donors (Lipinski definition) is 2. The molecule has 2 N–H and O–H groups in total. The molecule has 10 nitrogen and oxygen atoms in total. The first-order chi connectivity index (χ1) is 23.6. The molecule has 262 valence electrons. The lowest BCUT2D eigenvalue weighted by atomic mass is 9.49. The number of nitrogens with one attached hydrogen (secondary N) is 1. The molecule has 4 aliphatic carbocycles. The van der Waals surface area contributed by atoms with Crippen LogP contribution < -0.4 is 10.1 Å². The van der Waals surface area contributed by atoms with E-state index >= 15 is 0 Å². The van der Waals surface area contributed by atoms with Crippen molar-refractivity contribution in [3.8, 4) is 11.4 Å². The minimum atomic E-state index is -0.456. The van der Waals surface area contributed by atoms with E-state index in [1.54, 1.807) is 7.11 Å². The van der Waals surface area contributed by atoms with Gasteiger partial charge >= 0.3 is 6.09 Å². The normalized spacial score (nSPS) is 27.4. The van der Waals surface area contributed by atoms with Crippen molar-refractivity contribution >= 4 is 12.0 Å². The molecule has 1 aromatic carbocycles. The van der Waals surface area contributed by atoms with Crippen LogP contribution in [-0.2, 0) is 14.9 Å². The maximum atomic E-state index is 14.1. The number of rotatable bonds is 9. The molecule has 3 heterocycles. The number of pyridine rings is 1. The van der Waals surface area contributed by atoms with Crippen LogP contribution in [0.1, 0.15) is 112 Å². The van der Waals surface area contributed by atoms with Gasteiger partial charge in [-0.25, -0.2) is 9.48 Å². The number of aliphatic hydroxyl groups is 1. The Morgan fingerprint density at radius 1 is 1.00 bits per heavy atom. The predicted octanol–water partition coefficient (Wildman–Crippen LogP) is 6.53. The van der Waals surface area contributed by atoms with E-state index in [1.807, 2.05) is 23.1 Å². The van der Waals surface area contributed by atoms with Gasteiger partial charge in [-0.15, -0.1) is 0 Å². The van der Waals surface area contributed by atoms with E-state index < -0.39 is 6.10 Å². The molecule has 1 aliphatic heterocycles. The van der Waals surface area contributed by atoms with Crippen LogP contribution in [0.15, 0.2) is 48.9 Å². The zero-order valence-electron chi connectivity index (χ0n) is 29.4. The molecule has 1 saturated heterocycles. The zero-order valence-corrected chi connectivity index (χ0v) is 29.4. The minimum Gasteiger partial charge on any atom is -0.496 e. The molecule has 5 fully saturated rings. The second kappa shape index (κ2) is 13.4. The largest absolute Gasteiger partial charge is 0.496 e. The molecule has 0 radical (unpaired) electrons. The maximum Gasteiger partial charge on any atom is 0.410 e. The predicted molar refractivity (Wildman–Crippen MR) is 186 cm³/mol. The average Bonchev–Trinajstić information content (AvgIpc) is 3.61. The Labute approximate surface area is 289 Å². The summed E-state index contributed by atoms with van der Waals surface area (Å²) in [6.45, 7) is 7.11. The lowest BCUT2D eigenvalue weighted by Crippen LogP contribution is -2.54. The molecule has 5 aliphatic rings. The lowest BCUT2D eigenvalue weighted by Gasteiger charge is -2.56. The van der Waals surface area contributed by atoms with Crippen LogP contribution in [0, 0.1) is 18.3 Å². The van der Waals surface area contributed by atoms with Crippen molar-refractivity contribution < 1.29 is 24.2 Å². The van der Waals surface area contributed by atoms with Crippen molar-refractivity contribution in [1.29, 1.82) is 0 Å². The third-order valence-corrected chi connectivity index (χ3v) is 12.2. The van der Waals surface area contributed by atoms with Gasteiger partial charge in [-0.2, -0.15) is 5.10 Å². The van der Waals surface area contributed by atoms with Crippen molar-refractivity contribution in [2.75, 3.05) is 20.2 Å². The molecule has 2 bridgehead atoms. The van der Waals surface area contributed by atoms with Gasteiger partial charge in [0.2, 0.25) is 5.91 Å². The van der Waals surface area contributed by atoms with Crippen molar-refractivity contribution in [3.63, 3.8) is 0 Å². The summed E-state index contributed by atoms with van der Waals surface area (Å²) in [4.78, 5) is 33.0. The van der Waals surface area contributed by atoms with Gasteiger partial charge in [-0.3, -0.25) is 9.78 Å². The lowest BCUT2D eigenvalue weighted by molar-refractivity contribution is -0.129. The summed E-state index contributed by atoms with van der Waals surface area (Å²) in [6, 6.07) is 10.6. The number of benzene rings is 1. The number of nitrogens with zero attached hydrogens (tertiary/aromatic N) is 4. The summed E-state index contributed by atoms with van der Waals surface area (Å²) in [5, 5.41) is 17.8. The van der Waals surface area contributed by atoms with Crippen LogP contribution >= 0.6 is 0 Å². The van der Waals surface area contributed by atoms with E-state index in [0.29, 0.717) is 44.7 Å². The van der Waals surface area contributed by atoms with Crippen molar-refractivity contribution in [2.24, 2.45) is 11.3 Å². The Hall–Kier alpha value is -3.92. The van der Waals surface area contributed by atoms with Crippen LogP contribution in [0.5, 0.6) is 5.75 Å². The van der Waals surface area contributed by atoms with E-state index in [-0.39, 0.29) is 40.9 Å². The first-order valence-corrected chi connectivity index (χ1v) is 18.2. The van der Waals surface area contributed by atoms with Gasteiger partial charge in [0.05, 0.1) is 49.9 Å². The van der Waals surface area contributed by atoms with Crippen LogP contribution in [0.2, 0.25) is 0 Å². The SMILES string of the molecule is COc1ccc(C23CCC(C(NC(=O)C4CCC(OC(=O)N5CC(O)C5)CC4)c4cc(-n5cc(C(C)C)cn5)ccn4)(CC2)CC3)cc1C. The van der Waals surface area contributed by atoms with Gasteiger partial charge in [-0.1, -0.05) is 26.0 Å². The van der Waals surface area contributed by atoms with Crippen molar-refractivity contribution in [1.82, 2.24) is 25.0 Å². The highest BCUT2D eigenvalue weighted by Crippen LogP contribution is 2.62. The van der Waals surface area contributed by atoms with E-state index in [1.165, 1.54) is 21.6 Å². The molecule has 2 amide bonds. The molecule has 4 saturated carbocycles. The smallest absolute Gasteiger partial charge is 0.410 e. The third kappa shape index (κ3) is 6.56. The number of aliphatic hydroxyl groups excluding tert-OH is 1. The minimum absolute atomic E-state index is 0.0663. The number of carbonyl (C=O) groups excluding carboxylic acids is 2. The molecule has 1 unspecified atom stereocenters. The van der Waals surface area contributed by atoms with Gasteiger partial charge in [0, 0.05) is 18.3 Å². The topological polar surface area (TPSA) is 119 Å². The Morgan fingerprint density at radius 3 is 2.33 bits per heavy atom. The summed E-state index contributed by atoms with van der Waals surface area (Å²) in [6.07, 6.45) is 13.8. The summed E-state index contributed by atoms with van der Waals surface area (Å²) >= 11 is 0. The number of amides is 2. The molecule has 2 aromatic heterocycles. The van der Waals surface area contributed by atoms with Gasteiger partial charge < -0.3 is 24.8 Å². The first-order valence-electron chi connectivity index (χ1n) is 18.2. The fourth-order valence-corrected chi connectivity index (χ4v) is 8.87. The second-order valence-electron chi connectivity index (χ2n) is 15.5. The second-order valence-corrected chi connectivity index (χ2v) is 15.5. The molecular weight excluding hydrogens is 618 g/mol. The number of aryl methyl sites for hydroxylation is 1. The molecule has 1 atom stereocenters. The zero-order chi connectivity index (χ0) is 34.3. The summed E-state index contributed by atoms with van der Waals surface area (Å²) in [5.41, 5.74) is 5.64. The monoisotopic (exact) mass is 669 g/mol. The number of methoxy groups -OCH3 is 1. The summed E-state index contributed by atoms with van der Waals surface area (Å²) < 4.78 is 13.2. The molecule has 3 aromatic rings. The van der Waals surface area contributed by atoms with E-state index in [0.717, 1.165) is 55.7 Å². The van der Waals surface area contributed by atoms with Crippen molar-refractivity contribution in [2.45, 2.75) is 115 Å². The van der Waals surface area contributed by atoms with Crippen molar-refractivity contribution in [3.05, 3.63) is 71.3 Å². The van der Waals surface area contributed by atoms with Crippen LogP contribution in [-0.4, -0.2) is 69.2 Å². The molecular formula is C39H51N5O5. The number of ether oxygens (including phenoxy) is 2. The Bertz CT molecular complexity index is 1650. The number of likely N-dealkylation sites (tertiary alicyclic amines) is 1. The maximum absolute atomic E-state index is 14.1. The van der Waals surface area contributed by atoms with Gasteiger partial charge in [0.25, 0.3) is 0 Å². The first kappa shape index (κ1) is 33.6. The number of carbonyl (C=O) groups is 2. The van der Waals surface area contributed by atoms with Crippen LogP contribution in [0.25, 0.3) is 5.69 Å². The van der Waals surface area contributed by atoms with E-state index in [2.05, 4.69) is 61.6 Å². The standard InChI is InChI=1S/C39H51N5O5/c1-25(2)28-21-41-44(22-28)30-11-18-40-33(20-30)35(42-36(46)27-5-8-32(9-6-27)49-37(47)43-23-31(45)24-43)39-15-12-38(13-16-39,14-17-39)29-7-10-34(48-4)26(3)19-29/h7,10-11,18-22,25,27,31-32,35,45H,5-6,8-9,12-17,23-24H2,1-4H3,(H,42,46). The summed E-state index contributed by atoms with van der Waals surface area (Å²) in [7, 11) is 1.73. The molecule has 8 rings (SSSR count). The average molecular weight is 670 g/mol. The Balaban J connectivity index is 1.10. The number of β-amino-alcohol motifs (C(OH)–C–C–N with tert-alkyl or cyclic N) is 1. The van der Waals surface area contributed by atoms with Gasteiger partial charge in [0.1, 0.15) is 11.9 Å². The molecule has 0 spiro atoms.